The Morgan fingerprint density at radius 3 is 2.93 bits per heavy atom. The molecule has 1 aromatic carbocycles. The van der Waals surface area contributed by atoms with Gasteiger partial charge in [0.1, 0.15) is 5.82 Å². The molecule has 1 aromatic rings. The monoisotopic (exact) mass is 274 g/mol. The van der Waals surface area contributed by atoms with Gasteiger partial charge in [-0.05, 0) is 40.4 Å². The zero-order chi connectivity index (χ0) is 11.3. The molecule has 0 amide bonds. The molecule has 0 aliphatic carbocycles. The van der Waals surface area contributed by atoms with Gasteiger partial charge in [0, 0.05) is 6.42 Å². The number of carbonyl (C=O) groups is 1. The zero-order valence-corrected chi connectivity index (χ0v) is 10.0. The lowest BCUT2D eigenvalue weighted by Gasteiger charge is -2.04. The van der Waals surface area contributed by atoms with E-state index in [0.29, 0.717) is 23.7 Å². The van der Waals surface area contributed by atoms with Crippen LogP contribution in [-0.4, -0.2) is 13.1 Å². The maximum atomic E-state index is 13.1. The summed E-state index contributed by atoms with van der Waals surface area (Å²) in [4.78, 5) is 10.8. The Bertz CT molecular complexity index is 352. The summed E-state index contributed by atoms with van der Waals surface area (Å²) in [6, 6.07) is 4.89. The van der Waals surface area contributed by atoms with Crippen molar-refractivity contribution in [2.75, 3.05) is 7.11 Å². The van der Waals surface area contributed by atoms with E-state index in [0.717, 1.165) is 5.56 Å². The maximum Gasteiger partial charge on any atom is 0.305 e. The van der Waals surface area contributed by atoms with E-state index in [1.807, 2.05) is 6.07 Å². The van der Waals surface area contributed by atoms with Crippen LogP contribution < -0.4 is 0 Å². The van der Waals surface area contributed by atoms with Crippen LogP contribution >= 0.6 is 15.9 Å². The minimum atomic E-state index is -0.273. The van der Waals surface area contributed by atoms with Gasteiger partial charge >= 0.3 is 5.97 Å². The Morgan fingerprint density at radius 2 is 2.27 bits per heavy atom. The molecule has 0 aromatic heterocycles. The second-order valence-electron chi connectivity index (χ2n) is 3.14. The Morgan fingerprint density at radius 1 is 1.53 bits per heavy atom. The lowest BCUT2D eigenvalue weighted by Crippen LogP contribution is -2.01. The topological polar surface area (TPSA) is 26.3 Å². The molecule has 0 fully saturated rings. The van der Waals surface area contributed by atoms with Crippen molar-refractivity contribution in [2.24, 2.45) is 0 Å². The van der Waals surface area contributed by atoms with Crippen LogP contribution in [0.15, 0.2) is 22.7 Å². The minimum absolute atomic E-state index is 0.234. The predicted molar refractivity (Wildman–Crippen MR) is 59.1 cm³/mol. The van der Waals surface area contributed by atoms with Gasteiger partial charge in [-0.25, -0.2) is 4.39 Å². The van der Waals surface area contributed by atoms with Gasteiger partial charge in [-0.2, -0.15) is 0 Å². The number of esters is 1. The van der Waals surface area contributed by atoms with Gasteiger partial charge in [-0.1, -0.05) is 12.1 Å². The number of carbonyl (C=O) groups excluding carboxylic acids is 1. The third kappa shape index (κ3) is 3.63. The van der Waals surface area contributed by atoms with E-state index < -0.39 is 0 Å². The lowest BCUT2D eigenvalue weighted by molar-refractivity contribution is -0.140. The van der Waals surface area contributed by atoms with E-state index in [1.54, 1.807) is 6.07 Å². The van der Waals surface area contributed by atoms with E-state index in [-0.39, 0.29) is 11.8 Å². The fourth-order valence-corrected chi connectivity index (χ4v) is 1.73. The number of ether oxygens (including phenoxy) is 1. The van der Waals surface area contributed by atoms with Gasteiger partial charge < -0.3 is 4.74 Å². The molecule has 0 saturated carbocycles. The van der Waals surface area contributed by atoms with Crippen LogP contribution in [0, 0.1) is 5.82 Å². The smallest absolute Gasteiger partial charge is 0.305 e. The number of benzene rings is 1. The fourth-order valence-electron chi connectivity index (χ4n) is 1.27. The molecule has 0 aliphatic heterocycles. The molecule has 0 heterocycles. The molecule has 82 valence electrons. The first-order valence-corrected chi connectivity index (χ1v) is 5.44. The van der Waals surface area contributed by atoms with Gasteiger partial charge in [0.2, 0.25) is 0 Å². The first-order valence-electron chi connectivity index (χ1n) is 4.65. The predicted octanol–water partition coefficient (Wildman–Crippen LogP) is 3.08. The molecule has 0 atom stereocenters. The van der Waals surface area contributed by atoms with E-state index in [9.17, 15) is 9.18 Å². The highest BCUT2D eigenvalue weighted by Crippen LogP contribution is 2.21. The van der Waals surface area contributed by atoms with Crippen molar-refractivity contribution in [1.82, 2.24) is 0 Å². The molecule has 1 rings (SSSR count). The standard InChI is InChI=1S/C11H12BrFO2/c1-15-10(14)7-3-5-8-4-2-6-9(13)11(8)12/h2,4,6H,3,5,7H2,1H3. The van der Waals surface area contributed by atoms with Gasteiger partial charge in [0.15, 0.2) is 0 Å². The lowest BCUT2D eigenvalue weighted by atomic mass is 10.1. The van der Waals surface area contributed by atoms with Gasteiger partial charge in [0.25, 0.3) is 0 Å². The molecule has 0 unspecified atom stereocenters. The van der Waals surface area contributed by atoms with Crippen molar-refractivity contribution < 1.29 is 13.9 Å². The van der Waals surface area contributed by atoms with Crippen molar-refractivity contribution in [3.05, 3.63) is 34.1 Å². The quantitative estimate of drug-likeness (QED) is 0.789. The van der Waals surface area contributed by atoms with Crippen molar-refractivity contribution in [2.45, 2.75) is 19.3 Å². The third-order valence-electron chi connectivity index (χ3n) is 2.09. The molecule has 0 radical (unpaired) electrons. The molecule has 0 saturated heterocycles. The van der Waals surface area contributed by atoms with Crippen molar-refractivity contribution in [1.29, 1.82) is 0 Å². The van der Waals surface area contributed by atoms with Crippen molar-refractivity contribution >= 4 is 21.9 Å². The fraction of sp³-hybridized carbons (Fsp3) is 0.364. The normalized spacial score (nSPS) is 10.1. The molecule has 0 N–H and O–H groups in total. The Hall–Kier alpha value is -0.900. The van der Waals surface area contributed by atoms with Gasteiger partial charge in [-0.15, -0.1) is 0 Å². The summed E-state index contributed by atoms with van der Waals surface area (Å²) in [5.74, 6) is -0.506. The highest BCUT2D eigenvalue weighted by atomic mass is 79.9. The SMILES string of the molecule is COC(=O)CCCc1cccc(F)c1Br. The van der Waals surface area contributed by atoms with Crippen molar-refractivity contribution in [3.8, 4) is 0 Å². The second-order valence-corrected chi connectivity index (χ2v) is 3.94. The summed E-state index contributed by atoms with van der Waals surface area (Å²) >= 11 is 3.17. The van der Waals surface area contributed by atoms with Crippen LogP contribution in [0.1, 0.15) is 18.4 Å². The number of halogens is 2. The minimum Gasteiger partial charge on any atom is -0.469 e. The number of hydrogen-bond donors (Lipinski definition) is 0. The van der Waals surface area contributed by atoms with Gasteiger partial charge in [0.05, 0.1) is 11.6 Å². The van der Waals surface area contributed by atoms with Crippen LogP contribution in [0.25, 0.3) is 0 Å². The number of methoxy groups -OCH3 is 1. The third-order valence-corrected chi connectivity index (χ3v) is 2.97. The van der Waals surface area contributed by atoms with Crippen molar-refractivity contribution in [3.63, 3.8) is 0 Å². The number of rotatable bonds is 4. The summed E-state index contributed by atoms with van der Waals surface area (Å²) in [5.41, 5.74) is 0.874. The average Bonchev–Trinajstić information content (AvgIpc) is 2.24. The van der Waals surface area contributed by atoms with Crippen LogP contribution in [0.5, 0.6) is 0 Å². The molecule has 2 nitrogen and oxygen atoms in total. The van der Waals surface area contributed by atoms with E-state index in [1.165, 1.54) is 13.2 Å². The van der Waals surface area contributed by atoms with E-state index in [4.69, 9.17) is 0 Å². The number of hydrogen-bond acceptors (Lipinski definition) is 2. The summed E-state index contributed by atoms with van der Waals surface area (Å²) in [7, 11) is 1.36. The Labute approximate surface area is 96.6 Å². The second kappa shape index (κ2) is 5.85. The molecule has 0 aliphatic rings. The molecule has 15 heavy (non-hydrogen) atoms. The Kier molecular flexibility index (Phi) is 4.75. The van der Waals surface area contributed by atoms with Crippen LogP contribution in [0.4, 0.5) is 4.39 Å². The van der Waals surface area contributed by atoms with Crippen LogP contribution in [0.2, 0.25) is 0 Å². The average molecular weight is 275 g/mol. The summed E-state index contributed by atoms with van der Waals surface area (Å²) < 4.78 is 18.1. The maximum absolute atomic E-state index is 13.1. The van der Waals surface area contributed by atoms with Crippen LogP contribution in [0.3, 0.4) is 0 Å². The summed E-state index contributed by atoms with van der Waals surface area (Å²) in [5, 5.41) is 0. The Balaban J connectivity index is 2.51. The molecule has 0 spiro atoms. The zero-order valence-electron chi connectivity index (χ0n) is 8.43. The summed E-state index contributed by atoms with van der Waals surface area (Å²) in [6.45, 7) is 0. The van der Waals surface area contributed by atoms with E-state index >= 15 is 0 Å². The van der Waals surface area contributed by atoms with Crippen LogP contribution in [-0.2, 0) is 16.0 Å². The largest absolute Gasteiger partial charge is 0.469 e. The molecule has 0 bridgehead atoms. The first kappa shape index (κ1) is 12.2. The first-order chi connectivity index (χ1) is 7.15. The molecular weight excluding hydrogens is 263 g/mol. The van der Waals surface area contributed by atoms with E-state index in [2.05, 4.69) is 20.7 Å². The highest BCUT2D eigenvalue weighted by molar-refractivity contribution is 9.10. The number of aryl methyl sites for hydroxylation is 1. The highest BCUT2D eigenvalue weighted by Gasteiger charge is 2.06. The molecule has 4 heteroatoms. The summed E-state index contributed by atoms with van der Waals surface area (Å²) in [6.07, 6.45) is 1.68. The molecular formula is C11H12BrFO2. The van der Waals surface area contributed by atoms with Gasteiger partial charge in [-0.3, -0.25) is 4.79 Å².